The Balaban J connectivity index is 2.02. The Labute approximate surface area is 111 Å². The standard InChI is InChI=1S/C16H26N2/c1-5-18-8-6-15(7-9-18)17-16-13(3)10-12(2)11-14(16)4/h10-11,15,17H,5-9H2,1-4H3. The van der Waals surface area contributed by atoms with Crippen LogP contribution in [-0.2, 0) is 0 Å². The van der Waals surface area contributed by atoms with E-state index in [0.29, 0.717) is 6.04 Å². The summed E-state index contributed by atoms with van der Waals surface area (Å²) in [5.41, 5.74) is 5.47. The van der Waals surface area contributed by atoms with Gasteiger partial charge in [-0.05, 0) is 51.3 Å². The first-order chi connectivity index (χ1) is 8.60. The zero-order valence-corrected chi connectivity index (χ0v) is 12.2. The van der Waals surface area contributed by atoms with Crippen LogP contribution in [0.3, 0.4) is 0 Å². The van der Waals surface area contributed by atoms with Crippen LogP contribution in [0, 0.1) is 20.8 Å². The largest absolute Gasteiger partial charge is 0.382 e. The van der Waals surface area contributed by atoms with E-state index in [-0.39, 0.29) is 0 Å². The van der Waals surface area contributed by atoms with E-state index >= 15 is 0 Å². The van der Waals surface area contributed by atoms with Crippen LogP contribution in [0.4, 0.5) is 5.69 Å². The van der Waals surface area contributed by atoms with Gasteiger partial charge < -0.3 is 10.2 Å². The first-order valence-electron chi connectivity index (χ1n) is 7.17. The lowest BCUT2D eigenvalue weighted by Gasteiger charge is -2.32. The Morgan fingerprint density at radius 2 is 1.67 bits per heavy atom. The normalized spacial score (nSPS) is 18.0. The maximum Gasteiger partial charge on any atom is 0.0401 e. The Morgan fingerprint density at radius 3 is 2.17 bits per heavy atom. The number of benzene rings is 1. The fraction of sp³-hybridized carbons (Fsp3) is 0.625. The molecule has 1 aromatic rings. The zero-order valence-electron chi connectivity index (χ0n) is 12.2. The molecule has 0 aromatic heterocycles. The minimum Gasteiger partial charge on any atom is -0.382 e. The highest BCUT2D eigenvalue weighted by Crippen LogP contribution is 2.25. The van der Waals surface area contributed by atoms with Crippen molar-refractivity contribution in [1.29, 1.82) is 0 Å². The van der Waals surface area contributed by atoms with Gasteiger partial charge >= 0.3 is 0 Å². The van der Waals surface area contributed by atoms with Crippen molar-refractivity contribution in [2.24, 2.45) is 0 Å². The summed E-state index contributed by atoms with van der Waals surface area (Å²) in [5.74, 6) is 0. The smallest absolute Gasteiger partial charge is 0.0401 e. The highest BCUT2D eigenvalue weighted by atomic mass is 15.1. The summed E-state index contributed by atoms with van der Waals surface area (Å²) in [7, 11) is 0. The van der Waals surface area contributed by atoms with Crippen molar-refractivity contribution in [3.63, 3.8) is 0 Å². The molecule has 1 fully saturated rings. The average Bonchev–Trinajstić information content (AvgIpc) is 2.34. The average molecular weight is 246 g/mol. The van der Waals surface area contributed by atoms with Crippen LogP contribution < -0.4 is 5.32 Å². The summed E-state index contributed by atoms with van der Waals surface area (Å²) in [5, 5.41) is 3.76. The van der Waals surface area contributed by atoms with Gasteiger partial charge in [0, 0.05) is 24.8 Å². The molecule has 0 bridgehead atoms. The molecule has 2 nitrogen and oxygen atoms in total. The van der Waals surface area contributed by atoms with E-state index in [9.17, 15) is 0 Å². The molecule has 2 heteroatoms. The number of rotatable bonds is 3. The molecule has 1 aliphatic rings. The van der Waals surface area contributed by atoms with Crippen molar-refractivity contribution in [3.05, 3.63) is 28.8 Å². The first-order valence-corrected chi connectivity index (χ1v) is 7.17. The number of likely N-dealkylation sites (tertiary alicyclic amines) is 1. The zero-order chi connectivity index (χ0) is 13.1. The van der Waals surface area contributed by atoms with Crippen LogP contribution in [0.25, 0.3) is 0 Å². The fourth-order valence-corrected chi connectivity index (χ4v) is 3.01. The predicted molar refractivity (Wildman–Crippen MR) is 79.4 cm³/mol. The molecule has 0 amide bonds. The van der Waals surface area contributed by atoms with E-state index in [1.807, 2.05) is 0 Å². The maximum atomic E-state index is 3.76. The third kappa shape index (κ3) is 3.05. The minimum atomic E-state index is 0.646. The molecule has 1 saturated heterocycles. The lowest BCUT2D eigenvalue weighted by Crippen LogP contribution is -2.39. The molecular formula is C16H26N2. The maximum absolute atomic E-state index is 3.76. The van der Waals surface area contributed by atoms with Gasteiger partial charge in [-0.15, -0.1) is 0 Å². The summed E-state index contributed by atoms with van der Waals surface area (Å²) >= 11 is 0. The number of anilines is 1. The quantitative estimate of drug-likeness (QED) is 0.878. The molecule has 1 N–H and O–H groups in total. The van der Waals surface area contributed by atoms with Gasteiger partial charge in [0.05, 0.1) is 0 Å². The summed E-state index contributed by atoms with van der Waals surface area (Å²) < 4.78 is 0. The molecule has 0 atom stereocenters. The van der Waals surface area contributed by atoms with Crippen molar-refractivity contribution in [2.75, 3.05) is 25.0 Å². The van der Waals surface area contributed by atoms with Crippen LogP contribution in [0.2, 0.25) is 0 Å². The lowest BCUT2D eigenvalue weighted by molar-refractivity contribution is 0.229. The summed E-state index contributed by atoms with van der Waals surface area (Å²) in [4.78, 5) is 2.53. The van der Waals surface area contributed by atoms with E-state index in [0.717, 1.165) is 0 Å². The van der Waals surface area contributed by atoms with Crippen molar-refractivity contribution in [3.8, 4) is 0 Å². The molecule has 1 aromatic carbocycles. The fourth-order valence-electron chi connectivity index (χ4n) is 3.01. The summed E-state index contributed by atoms with van der Waals surface area (Å²) in [6.45, 7) is 12.5. The molecule has 0 spiro atoms. The van der Waals surface area contributed by atoms with Gasteiger partial charge in [-0.25, -0.2) is 0 Å². The van der Waals surface area contributed by atoms with Gasteiger partial charge in [-0.1, -0.05) is 24.6 Å². The van der Waals surface area contributed by atoms with Gasteiger partial charge in [0.1, 0.15) is 0 Å². The molecule has 1 aliphatic heterocycles. The molecular weight excluding hydrogens is 220 g/mol. The second-order valence-electron chi connectivity index (χ2n) is 5.63. The highest BCUT2D eigenvalue weighted by molar-refractivity contribution is 5.58. The number of aryl methyl sites for hydroxylation is 3. The van der Waals surface area contributed by atoms with Crippen LogP contribution >= 0.6 is 0 Å². The van der Waals surface area contributed by atoms with E-state index in [1.165, 1.54) is 54.9 Å². The van der Waals surface area contributed by atoms with Crippen LogP contribution in [0.5, 0.6) is 0 Å². The topological polar surface area (TPSA) is 15.3 Å². The predicted octanol–water partition coefficient (Wildman–Crippen LogP) is 3.51. The van der Waals surface area contributed by atoms with Gasteiger partial charge in [0.2, 0.25) is 0 Å². The van der Waals surface area contributed by atoms with E-state index in [2.05, 4.69) is 50.0 Å². The van der Waals surface area contributed by atoms with Gasteiger partial charge in [-0.2, -0.15) is 0 Å². The number of piperidine rings is 1. The number of nitrogens with one attached hydrogen (secondary N) is 1. The molecule has 18 heavy (non-hydrogen) atoms. The molecule has 0 saturated carbocycles. The molecule has 2 rings (SSSR count). The second kappa shape index (κ2) is 5.75. The minimum absolute atomic E-state index is 0.646. The Kier molecular flexibility index (Phi) is 4.28. The Hall–Kier alpha value is -1.02. The highest BCUT2D eigenvalue weighted by Gasteiger charge is 2.18. The van der Waals surface area contributed by atoms with Crippen molar-refractivity contribution < 1.29 is 0 Å². The Morgan fingerprint density at radius 1 is 1.11 bits per heavy atom. The van der Waals surface area contributed by atoms with Crippen molar-refractivity contribution in [2.45, 2.75) is 46.6 Å². The van der Waals surface area contributed by atoms with Crippen LogP contribution in [-0.4, -0.2) is 30.6 Å². The summed E-state index contributed by atoms with van der Waals surface area (Å²) in [6.07, 6.45) is 2.53. The van der Waals surface area contributed by atoms with Crippen LogP contribution in [0.15, 0.2) is 12.1 Å². The number of nitrogens with zero attached hydrogens (tertiary/aromatic N) is 1. The third-order valence-electron chi connectivity index (χ3n) is 4.06. The molecule has 0 aliphatic carbocycles. The second-order valence-corrected chi connectivity index (χ2v) is 5.63. The molecule has 1 heterocycles. The lowest BCUT2D eigenvalue weighted by atomic mass is 10.0. The first kappa shape index (κ1) is 13.4. The van der Waals surface area contributed by atoms with E-state index < -0.39 is 0 Å². The monoisotopic (exact) mass is 246 g/mol. The van der Waals surface area contributed by atoms with Crippen LogP contribution in [0.1, 0.15) is 36.5 Å². The van der Waals surface area contributed by atoms with E-state index in [1.54, 1.807) is 0 Å². The number of hydrogen-bond acceptors (Lipinski definition) is 2. The van der Waals surface area contributed by atoms with Gasteiger partial charge in [-0.3, -0.25) is 0 Å². The van der Waals surface area contributed by atoms with Gasteiger partial charge in [0.25, 0.3) is 0 Å². The molecule has 100 valence electrons. The number of hydrogen-bond donors (Lipinski definition) is 1. The Bertz CT molecular complexity index is 381. The third-order valence-corrected chi connectivity index (χ3v) is 4.06. The summed E-state index contributed by atoms with van der Waals surface area (Å²) in [6, 6.07) is 5.19. The molecule has 0 radical (unpaired) electrons. The SMILES string of the molecule is CCN1CCC(Nc2c(C)cc(C)cc2C)CC1. The van der Waals surface area contributed by atoms with E-state index in [4.69, 9.17) is 0 Å². The molecule has 0 unspecified atom stereocenters. The van der Waals surface area contributed by atoms with Crippen molar-refractivity contribution in [1.82, 2.24) is 4.90 Å². The van der Waals surface area contributed by atoms with Gasteiger partial charge in [0.15, 0.2) is 0 Å². The van der Waals surface area contributed by atoms with Crippen molar-refractivity contribution >= 4 is 5.69 Å².